The summed E-state index contributed by atoms with van der Waals surface area (Å²) in [5, 5.41) is 13.3. The number of para-hydroxylation sites is 1. The van der Waals surface area contributed by atoms with Crippen LogP contribution in [0, 0.1) is 0 Å². The monoisotopic (exact) mass is 359 g/mol. The number of tetrazole rings is 1. The number of benzene rings is 1. The van der Waals surface area contributed by atoms with Gasteiger partial charge in [-0.2, -0.15) is 13.2 Å². The van der Waals surface area contributed by atoms with Crippen LogP contribution in [-0.4, -0.2) is 31.4 Å². The van der Waals surface area contributed by atoms with E-state index in [1.165, 1.54) is 22.9 Å². The van der Waals surface area contributed by atoms with Crippen LogP contribution in [0.15, 0.2) is 29.4 Å². The number of thioether (sulfide) groups is 1. The summed E-state index contributed by atoms with van der Waals surface area (Å²) >= 11 is 1.08. The zero-order valence-corrected chi connectivity index (χ0v) is 14.0. The largest absolute Gasteiger partial charge is 0.418 e. The normalized spacial score (nSPS) is 13.1. The molecule has 0 radical (unpaired) electrons. The Kier molecular flexibility index (Phi) is 5.47. The van der Waals surface area contributed by atoms with Crippen molar-refractivity contribution in [3.63, 3.8) is 0 Å². The molecule has 0 fully saturated rings. The van der Waals surface area contributed by atoms with Gasteiger partial charge in [0.1, 0.15) is 0 Å². The van der Waals surface area contributed by atoms with Crippen LogP contribution in [0.4, 0.5) is 18.9 Å². The molecule has 2 rings (SSSR count). The van der Waals surface area contributed by atoms with Crippen molar-refractivity contribution in [3.8, 4) is 0 Å². The van der Waals surface area contributed by atoms with Gasteiger partial charge in [0.25, 0.3) is 0 Å². The molecule has 1 aromatic heterocycles. The van der Waals surface area contributed by atoms with Crippen LogP contribution >= 0.6 is 11.8 Å². The van der Waals surface area contributed by atoms with Gasteiger partial charge >= 0.3 is 6.18 Å². The lowest BCUT2D eigenvalue weighted by atomic mass is 10.1. The molecule has 1 aromatic carbocycles. The molecule has 24 heavy (non-hydrogen) atoms. The Labute approximate surface area is 140 Å². The van der Waals surface area contributed by atoms with Crippen molar-refractivity contribution in [3.05, 3.63) is 29.8 Å². The number of aromatic nitrogens is 4. The maximum atomic E-state index is 13.0. The van der Waals surface area contributed by atoms with E-state index in [9.17, 15) is 18.0 Å². The van der Waals surface area contributed by atoms with Crippen molar-refractivity contribution in [2.45, 2.75) is 43.4 Å². The molecule has 0 aliphatic carbocycles. The lowest BCUT2D eigenvalue weighted by Crippen LogP contribution is -2.24. The number of amides is 1. The maximum absolute atomic E-state index is 13.0. The van der Waals surface area contributed by atoms with Crippen LogP contribution in [0.3, 0.4) is 0 Å². The van der Waals surface area contributed by atoms with E-state index in [1.54, 1.807) is 6.92 Å². The summed E-state index contributed by atoms with van der Waals surface area (Å²) in [5.74, 6) is -0.560. The van der Waals surface area contributed by atoms with E-state index in [-0.39, 0.29) is 11.7 Å². The summed E-state index contributed by atoms with van der Waals surface area (Å²) in [6.45, 7) is 5.34. The van der Waals surface area contributed by atoms with Gasteiger partial charge in [-0.3, -0.25) is 4.79 Å². The average Bonchev–Trinajstić information content (AvgIpc) is 2.95. The Balaban J connectivity index is 2.12. The molecule has 1 N–H and O–H groups in total. The number of alkyl halides is 3. The molecule has 2 aromatic rings. The quantitative estimate of drug-likeness (QED) is 0.829. The molecule has 1 amide bonds. The average molecular weight is 359 g/mol. The zero-order valence-electron chi connectivity index (χ0n) is 13.2. The van der Waals surface area contributed by atoms with Crippen molar-refractivity contribution in [2.75, 3.05) is 5.32 Å². The summed E-state index contributed by atoms with van der Waals surface area (Å²) < 4.78 is 40.4. The summed E-state index contributed by atoms with van der Waals surface area (Å²) in [4.78, 5) is 12.2. The van der Waals surface area contributed by atoms with Crippen molar-refractivity contribution >= 4 is 23.4 Å². The van der Waals surface area contributed by atoms with Crippen molar-refractivity contribution in [1.82, 2.24) is 20.2 Å². The van der Waals surface area contributed by atoms with E-state index in [1.807, 2.05) is 13.8 Å². The molecule has 6 nitrogen and oxygen atoms in total. The van der Waals surface area contributed by atoms with Crippen LogP contribution in [0.25, 0.3) is 0 Å². The molecule has 1 unspecified atom stereocenters. The lowest BCUT2D eigenvalue weighted by molar-refractivity contribution is -0.137. The highest BCUT2D eigenvalue weighted by atomic mass is 32.2. The van der Waals surface area contributed by atoms with Crippen LogP contribution in [-0.2, 0) is 11.0 Å². The number of rotatable bonds is 5. The predicted octanol–water partition coefficient (Wildman–Crippen LogP) is 3.39. The first-order valence-corrected chi connectivity index (χ1v) is 7.99. The van der Waals surface area contributed by atoms with Crippen LogP contribution in [0.2, 0.25) is 0 Å². The molecule has 1 atom stereocenters. The standard InChI is InChI=1S/C14H16F3N5OS/c1-8(2)22-13(19-20-21-22)24-9(3)12(23)18-11-7-5-4-6-10(11)14(15,16)17/h4-9H,1-3H3,(H,18,23). The minimum atomic E-state index is -4.54. The van der Waals surface area contributed by atoms with Crippen LogP contribution in [0.1, 0.15) is 32.4 Å². The number of carbonyl (C=O) groups excluding carboxylic acids is 1. The summed E-state index contributed by atoms with van der Waals surface area (Å²) in [7, 11) is 0. The van der Waals surface area contributed by atoms with Crippen molar-refractivity contribution in [1.29, 1.82) is 0 Å². The number of hydrogen-bond donors (Lipinski definition) is 1. The SMILES string of the molecule is CC(Sc1nnnn1C(C)C)C(=O)Nc1ccccc1C(F)(F)F. The Morgan fingerprint density at radius 2 is 1.92 bits per heavy atom. The molecule has 0 aliphatic rings. The van der Waals surface area contributed by atoms with Crippen LogP contribution < -0.4 is 5.32 Å². The third-order valence-corrected chi connectivity index (χ3v) is 4.14. The van der Waals surface area contributed by atoms with Gasteiger partial charge in [0.2, 0.25) is 11.1 Å². The lowest BCUT2D eigenvalue weighted by Gasteiger charge is -2.16. The highest BCUT2D eigenvalue weighted by Crippen LogP contribution is 2.35. The van der Waals surface area contributed by atoms with Gasteiger partial charge in [0, 0.05) is 0 Å². The third kappa shape index (κ3) is 4.25. The zero-order chi connectivity index (χ0) is 17.9. The van der Waals surface area contributed by atoms with Crippen molar-refractivity contribution in [2.24, 2.45) is 0 Å². The van der Waals surface area contributed by atoms with E-state index in [0.717, 1.165) is 17.8 Å². The van der Waals surface area contributed by atoms with Gasteiger partial charge < -0.3 is 5.32 Å². The minimum Gasteiger partial charge on any atom is -0.325 e. The summed E-state index contributed by atoms with van der Waals surface area (Å²) in [5.41, 5.74) is -1.16. The first-order valence-electron chi connectivity index (χ1n) is 7.11. The highest BCUT2D eigenvalue weighted by molar-refractivity contribution is 8.00. The first-order chi connectivity index (χ1) is 11.2. The predicted molar refractivity (Wildman–Crippen MR) is 83.6 cm³/mol. The Hall–Kier alpha value is -2.10. The summed E-state index contributed by atoms with van der Waals surface area (Å²) in [6.07, 6.45) is -4.54. The third-order valence-electron chi connectivity index (χ3n) is 3.09. The molecule has 130 valence electrons. The summed E-state index contributed by atoms with van der Waals surface area (Å²) in [6, 6.07) is 4.85. The van der Waals surface area contributed by atoms with E-state index < -0.39 is 22.9 Å². The molecular formula is C14H16F3N5OS. The van der Waals surface area contributed by atoms with Gasteiger partial charge in [-0.15, -0.1) is 5.10 Å². The smallest absolute Gasteiger partial charge is 0.325 e. The number of halogens is 3. The van der Waals surface area contributed by atoms with Crippen LogP contribution in [0.5, 0.6) is 0 Å². The fraction of sp³-hybridized carbons (Fsp3) is 0.429. The number of nitrogens with zero attached hydrogens (tertiary/aromatic N) is 4. The molecule has 0 spiro atoms. The second-order valence-corrected chi connectivity index (χ2v) is 6.60. The molecule has 10 heteroatoms. The van der Waals surface area contributed by atoms with Gasteiger partial charge in [0.05, 0.1) is 22.5 Å². The highest BCUT2D eigenvalue weighted by Gasteiger charge is 2.34. The number of nitrogens with one attached hydrogen (secondary N) is 1. The van der Waals surface area contributed by atoms with Gasteiger partial charge in [-0.1, -0.05) is 23.9 Å². The Morgan fingerprint density at radius 1 is 1.25 bits per heavy atom. The Bertz CT molecular complexity index is 716. The number of carbonyl (C=O) groups is 1. The molecule has 0 saturated heterocycles. The van der Waals surface area contributed by atoms with E-state index >= 15 is 0 Å². The van der Waals surface area contributed by atoms with Gasteiger partial charge in [-0.05, 0) is 43.3 Å². The van der Waals surface area contributed by atoms with Gasteiger partial charge in [0.15, 0.2) is 0 Å². The number of hydrogen-bond acceptors (Lipinski definition) is 5. The Morgan fingerprint density at radius 3 is 2.54 bits per heavy atom. The molecule has 1 heterocycles. The number of anilines is 1. The fourth-order valence-electron chi connectivity index (χ4n) is 1.87. The fourth-order valence-corrected chi connectivity index (χ4v) is 2.79. The minimum absolute atomic E-state index is 0.00344. The molecule has 0 bridgehead atoms. The van der Waals surface area contributed by atoms with Gasteiger partial charge in [-0.25, -0.2) is 4.68 Å². The molecule has 0 saturated carbocycles. The van der Waals surface area contributed by atoms with Crippen molar-refractivity contribution < 1.29 is 18.0 Å². The first kappa shape index (κ1) is 18.2. The molecule has 0 aliphatic heterocycles. The second kappa shape index (κ2) is 7.20. The van der Waals surface area contributed by atoms with E-state index in [4.69, 9.17) is 0 Å². The molecular weight excluding hydrogens is 343 g/mol. The second-order valence-electron chi connectivity index (χ2n) is 5.29. The topological polar surface area (TPSA) is 72.7 Å². The van der Waals surface area contributed by atoms with E-state index in [0.29, 0.717) is 5.16 Å². The van der Waals surface area contributed by atoms with E-state index in [2.05, 4.69) is 20.8 Å². The maximum Gasteiger partial charge on any atom is 0.418 e.